The third-order valence-corrected chi connectivity index (χ3v) is 2.76. The molecule has 0 fully saturated rings. The van der Waals surface area contributed by atoms with E-state index >= 15 is 0 Å². The van der Waals surface area contributed by atoms with Crippen molar-refractivity contribution in [1.29, 1.82) is 0 Å². The molecule has 0 saturated heterocycles. The van der Waals surface area contributed by atoms with Crippen LogP contribution in [0.25, 0.3) is 0 Å². The van der Waals surface area contributed by atoms with Crippen LogP contribution >= 0.6 is 0 Å². The summed E-state index contributed by atoms with van der Waals surface area (Å²) in [6.07, 6.45) is -0.179. The Morgan fingerprint density at radius 1 is 1.33 bits per heavy atom. The molecule has 96 valence electrons. The lowest BCUT2D eigenvalue weighted by atomic mass is 10.00. The number of rotatable bonds is 2. The first-order valence-corrected chi connectivity index (χ1v) is 5.43. The summed E-state index contributed by atoms with van der Waals surface area (Å²) >= 11 is 0. The summed E-state index contributed by atoms with van der Waals surface area (Å²) in [6, 6.07) is 1.84. The molecule has 18 heavy (non-hydrogen) atoms. The van der Waals surface area contributed by atoms with E-state index < -0.39 is 17.5 Å². The summed E-state index contributed by atoms with van der Waals surface area (Å²) in [5.41, 5.74) is 0.489. The Morgan fingerprint density at radius 2 is 2.00 bits per heavy atom. The van der Waals surface area contributed by atoms with E-state index in [9.17, 15) is 18.4 Å². The first-order valence-electron chi connectivity index (χ1n) is 5.43. The molecule has 0 aromatic heterocycles. The standard InChI is InChI=1S/C12H11F2NO3/c13-9-4-7-3-8(17)6-15(12(18)1-2-16)11(7)5-10(9)14/h4-5,16H,1-3,6H2. The van der Waals surface area contributed by atoms with Crippen molar-refractivity contribution in [3.05, 3.63) is 29.3 Å². The van der Waals surface area contributed by atoms with Crippen LogP contribution in [0.3, 0.4) is 0 Å². The fourth-order valence-corrected chi connectivity index (χ4v) is 1.95. The van der Waals surface area contributed by atoms with Gasteiger partial charge in [0.05, 0.1) is 25.3 Å². The monoisotopic (exact) mass is 255 g/mol. The van der Waals surface area contributed by atoms with E-state index in [1.165, 1.54) is 0 Å². The molecule has 1 aromatic rings. The van der Waals surface area contributed by atoms with Crippen molar-refractivity contribution in [2.75, 3.05) is 18.1 Å². The maximum absolute atomic E-state index is 13.2. The van der Waals surface area contributed by atoms with Crippen LogP contribution < -0.4 is 4.90 Å². The molecule has 1 aliphatic rings. The van der Waals surface area contributed by atoms with Gasteiger partial charge in [0.25, 0.3) is 0 Å². The van der Waals surface area contributed by atoms with Crippen molar-refractivity contribution in [3.8, 4) is 0 Å². The number of halogens is 2. The van der Waals surface area contributed by atoms with E-state index in [2.05, 4.69) is 0 Å². The van der Waals surface area contributed by atoms with Crippen LogP contribution in [0.1, 0.15) is 12.0 Å². The Balaban J connectivity index is 2.44. The second kappa shape index (κ2) is 4.81. The molecule has 0 radical (unpaired) electrons. The van der Waals surface area contributed by atoms with Crippen LogP contribution in [0.4, 0.5) is 14.5 Å². The van der Waals surface area contributed by atoms with Crippen molar-refractivity contribution >= 4 is 17.4 Å². The summed E-state index contributed by atoms with van der Waals surface area (Å²) in [5, 5.41) is 8.71. The molecule has 0 saturated carbocycles. The molecule has 0 spiro atoms. The maximum Gasteiger partial charge on any atom is 0.229 e. The number of fused-ring (bicyclic) bond motifs is 1. The molecule has 1 aromatic carbocycles. The van der Waals surface area contributed by atoms with Gasteiger partial charge >= 0.3 is 0 Å². The van der Waals surface area contributed by atoms with Crippen LogP contribution in [0.5, 0.6) is 0 Å². The zero-order valence-electron chi connectivity index (χ0n) is 9.45. The van der Waals surface area contributed by atoms with Crippen LogP contribution in [-0.2, 0) is 16.0 Å². The average molecular weight is 255 g/mol. The summed E-state index contributed by atoms with van der Waals surface area (Å²) in [7, 11) is 0. The van der Waals surface area contributed by atoms with Crippen molar-refractivity contribution in [1.82, 2.24) is 0 Å². The number of hydrogen-bond donors (Lipinski definition) is 1. The third kappa shape index (κ3) is 2.24. The van der Waals surface area contributed by atoms with Crippen LogP contribution in [0.15, 0.2) is 12.1 Å². The van der Waals surface area contributed by atoms with Gasteiger partial charge in [-0.2, -0.15) is 0 Å². The van der Waals surface area contributed by atoms with Crippen LogP contribution in [-0.4, -0.2) is 29.9 Å². The van der Waals surface area contributed by atoms with Gasteiger partial charge in [-0.15, -0.1) is 0 Å². The number of carbonyl (C=O) groups is 2. The zero-order valence-corrected chi connectivity index (χ0v) is 9.45. The predicted octanol–water partition coefficient (Wildman–Crippen LogP) is 0.805. The lowest BCUT2D eigenvalue weighted by Gasteiger charge is -2.28. The lowest BCUT2D eigenvalue weighted by Crippen LogP contribution is -2.40. The highest BCUT2D eigenvalue weighted by Gasteiger charge is 2.28. The SMILES string of the molecule is O=C1Cc2cc(F)c(F)cc2N(C(=O)CCO)C1. The van der Waals surface area contributed by atoms with E-state index in [-0.39, 0.29) is 43.0 Å². The highest BCUT2D eigenvalue weighted by molar-refractivity contribution is 6.03. The number of ketones is 1. The number of hydrogen-bond acceptors (Lipinski definition) is 3. The minimum absolute atomic E-state index is 0.0184. The van der Waals surface area contributed by atoms with E-state index in [0.29, 0.717) is 0 Å². The highest BCUT2D eigenvalue weighted by atomic mass is 19.2. The molecule has 0 atom stereocenters. The van der Waals surface area contributed by atoms with E-state index in [1.807, 2.05) is 0 Å². The number of aliphatic hydroxyl groups excluding tert-OH is 1. The van der Waals surface area contributed by atoms with E-state index in [1.54, 1.807) is 0 Å². The van der Waals surface area contributed by atoms with Crippen molar-refractivity contribution < 1.29 is 23.5 Å². The second-order valence-corrected chi connectivity index (χ2v) is 4.06. The Kier molecular flexibility index (Phi) is 3.38. The molecular weight excluding hydrogens is 244 g/mol. The molecule has 0 bridgehead atoms. The van der Waals surface area contributed by atoms with Gasteiger partial charge in [0.2, 0.25) is 5.91 Å². The molecule has 4 nitrogen and oxygen atoms in total. The summed E-state index contributed by atoms with van der Waals surface area (Å²) in [4.78, 5) is 24.3. The largest absolute Gasteiger partial charge is 0.396 e. The average Bonchev–Trinajstić information content (AvgIpc) is 2.30. The number of Topliss-reactive ketones (excluding diaryl/α,β-unsaturated/α-hetero) is 1. The molecule has 2 rings (SSSR count). The topological polar surface area (TPSA) is 57.6 Å². The van der Waals surface area contributed by atoms with Gasteiger partial charge in [0.15, 0.2) is 17.4 Å². The Bertz CT molecular complexity index is 516. The lowest BCUT2D eigenvalue weighted by molar-refractivity contribution is -0.123. The molecule has 1 amide bonds. The van der Waals surface area contributed by atoms with Crippen molar-refractivity contribution in [3.63, 3.8) is 0 Å². The smallest absolute Gasteiger partial charge is 0.229 e. The maximum atomic E-state index is 13.2. The highest BCUT2D eigenvalue weighted by Crippen LogP contribution is 2.28. The summed E-state index contributed by atoms with van der Waals surface area (Å²) in [5.74, 6) is -2.85. The molecule has 1 N–H and O–H groups in total. The third-order valence-electron chi connectivity index (χ3n) is 2.76. The minimum Gasteiger partial charge on any atom is -0.396 e. The molecule has 0 unspecified atom stereocenters. The quantitative estimate of drug-likeness (QED) is 0.850. The van der Waals surface area contributed by atoms with E-state index in [4.69, 9.17) is 5.11 Å². The van der Waals surface area contributed by atoms with Crippen LogP contribution in [0.2, 0.25) is 0 Å². The van der Waals surface area contributed by atoms with Gasteiger partial charge in [-0.3, -0.25) is 9.59 Å². The number of carbonyl (C=O) groups excluding carboxylic acids is 2. The van der Waals surface area contributed by atoms with Crippen molar-refractivity contribution in [2.24, 2.45) is 0 Å². The molecule has 0 aliphatic carbocycles. The van der Waals surface area contributed by atoms with Gasteiger partial charge in [-0.1, -0.05) is 0 Å². The first-order chi connectivity index (χ1) is 8.52. The normalized spacial score (nSPS) is 14.6. The fourth-order valence-electron chi connectivity index (χ4n) is 1.95. The Labute approximate surface area is 102 Å². The summed E-state index contributed by atoms with van der Waals surface area (Å²) < 4.78 is 26.3. The molecule has 1 aliphatic heterocycles. The van der Waals surface area contributed by atoms with Crippen molar-refractivity contribution in [2.45, 2.75) is 12.8 Å². The second-order valence-electron chi connectivity index (χ2n) is 4.06. The number of amides is 1. The zero-order chi connectivity index (χ0) is 13.3. The molecule has 6 heteroatoms. The van der Waals surface area contributed by atoms with Crippen LogP contribution in [0, 0.1) is 11.6 Å². The summed E-state index contributed by atoms with van der Waals surface area (Å²) in [6.45, 7) is -0.528. The fraction of sp³-hybridized carbons (Fsp3) is 0.333. The van der Waals surface area contributed by atoms with Gasteiger partial charge in [0, 0.05) is 12.5 Å². The van der Waals surface area contributed by atoms with E-state index in [0.717, 1.165) is 17.0 Å². The first kappa shape index (κ1) is 12.6. The molecule has 1 heterocycles. The predicted molar refractivity (Wildman–Crippen MR) is 59.1 cm³/mol. The number of anilines is 1. The van der Waals surface area contributed by atoms with Gasteiger partial charge in [0.1, 0.15) is 0 Å². The minimum atomic E-state index is -1.06. The van der Waals surface area contributed by atoms with Gasteiger partial charge in [-0.25, -0.2) is 8.78 Å². The number of aliphatic hydroxyl groups is 1. The Hall–Kier alpha value is -1.82. The number of nitrogens with zero attached hydrogens (tertiary/aromatic N) is 1. The Morgan fingerprint density at radius 3 is 2.67 bits per heavy atom. The molecular formula is C12H11F2NO3. The van der Waals surface area contributed by atoms with Gasteiger partial charge < -0.3 is 10.0 Å². The van der Waals surface area contributed by atoms with Gasteiger partial charge in [-0.05, 0) is 11.6 Å². The number of benzene rings is 1.